The van der Waals surface area contributed by atoms with E-state index in [1.807, 2.05) is 39.0 Å². The summed E-state index contributed by atoms with van der Waals surface area (Å²) in [4.78, 5) is 59.9. The quantitative estimate of drug-likeness (QED) is 0.124. The standard InChI is InChI=1S/C42H51N5O5/c1-24(2)39-46-35-17-25(3)33(22-36(35)47-39)28-11-7-26(8-12-28)18-31(40(50)44-32-16-15-30-20-38(49)45-34(30)21-32)19-37(48)29-13-9-27(10-14-29)23-43-41(51)52-42(4,5)6/h7-8,11-12,15-17,21-22,24,27,29,31H,9-10,13-14,18-20,23H2,1-6H3,(H,43,51)(H,44,50)(H,45,49)(H,46,47)/t27?,29?,31-/m1/s1. The zero-order valence-electron chi connectivity index (χ0n) is 31.2. The number of rotatable bonds is 11. The molecule has 52 heavy (non-hydrogen) atoms. The Morgan fingerprint density at radius 2 is 1.71 bits per heavy atom. The Morgan fingerprint density at radius 3 is 2.40 bits per heavy atom. The lowest BCUT2D eigenvalue weighted by atomic mass is 9.77. The summed E-state index contributed by atoms with van der Waals surface area (Å²) in [6, 6.07) is 17.9. The van der Waals surface area contributed by atoms with E-state index >= 15 is 0 Å². The van der Waals surface area contributed by atoms with Crippen LogP contribution in [0.25, 0.3) is 22.2 Å². The van der Waals surface area contributed by atoms with Crippen LogP contribution in [0.15, 0.2) is 54.6 Å². The van der Waals surface area contributed by atoms with E-state index in [2.05, 4.69) is 66.0 Å². The number of ether oxygens (including phenoxy) is 1. The number of fused-ring (bicyclic) bond motifs is 2. The van der Waals surface area contributed by atoms with Crippen LogP contribution in [0.4, 0.5) is 16.2 Å². The molecule has 3 amide bonds. The summed E-state index contributed by atoms with van der Waals surface area (Å²) < 4.78 is 5.37. The highest BCUT2D eigenvalue weighted by molar-refractivity contribution is 6.01. The first-order valence-electron chi connectivity index (χ1n) is 18.5. The minimum atomic E-state index is -0.579. The van der Waals surface area contributed by atoms with E-state index in [1.54, 1.807) is 12.1 Å². The first-order chi connectivity index (χ1) is 24.7. The Labute approximate surface area is 305 Å². The fourth-order valence-corrected chi connectivity index (χ4v) is 7.31. The predicted molar refractivity (Wildman–Crippen MR) is 204 cm³/mol. The Balaban J connectivity index is 1.14. The van der Waals surface area contributed by atoms with Gasteiger partial charge >= 0.3 is 6.09 Å². The van der Waals surface area contributed by atoms with Crippen LogP contribution < -0.4 is 16.0 Å². The molecule has 6 rings (SSSR count). The molecular weight excluding hydrogens is 654 g/mol. The molecule has 2 heterocycles. The number of hydrogen-bond donors (Lipinski definition) is 4. The number of benzene rings is 3. The number of hydrogen-bond acceptors (Lipinski definition) is 6. The van der Waals surface area contributed by atoms with Crippen LogP contribution in [0.2, 0.25) is 0 Å². The van der Waals surface area contributed by atoms with Gasteiger partial charge in [0.25, 0.3) is 0 Å². The Morgan fingerprint density at radius 1 is 0.981 bits per heavy atom. The lowest BCUT2D eigenvalue weighted by Crippen LogP contribution is -2.37. The molecule has 10 nitrogen and oxygen atoms in total. The van der Waals surface area contributed by atoms with E-state index in [1.165, 1.54) is 0 Å². The van der Waals surface area contributed by atoms with Gasteiger partial charge in [-0.05, 0) is 118 Å². The smallest absolute Gasteiger partial charge is 0.407 e. The van der Waals surface area contributed by atoms with Crippen molar-refractivity contribution in [1.29, 1.82) is 0 Å². The number of aromatic amines is 1. The highest BCUT2D eigenvalue weighted by Gasteiger charge is 2.31. The summed E-state index contributed by atoms with van der Waals surface area (Å²) >= 11 is 0. The van der Waals surface area contributed by atoms with Crippen molar-refractivity contribution in [2.45, 2.75) is 98.0 Å². The molecule has 1 aliphatic carbocycles. The third kappa shape index (κ3) is 9.08. The van der Waals surface area contributed by atoms with E-state index in [4.69, 9.17) is 9.72 Å². The Bertz CT molecular complexity index is 1960. The highest BCUT2D eigenvalue weighted by atomic mass is 16.6. The predicted octanol–water partition coefficient (Wildman–Crippen LogP) is 8.24. The van der Waals surface area contributed by atoms with E-state index < -0.39 is 17.6 Å². The monoisotopic (exact) mass is 705 g/mol. The van der Waals surface area contributed by atoms with Crippen molar-refractivity contribution in [3.05, 3.63) is 77.1 Å². The number of nitrogens with one attached hydrogen (secondary N) is 4. The van der Waals surface area contributed by atoms with Gasteiger partial charge in [-0.3, -0.25) is 14.4 Å². The zero-order chi connectivity index (χ0) is 37.2. The molecule has 0 spiro atoms. The number of carbonyl (C=O) groups is 4. The highest BCUT2D eigenvalue weighted by Crippen LogP contribution is 2.33. The molecule has 1 aromatic heterocycles. The molecule has 1 saturated carbocycles. The van der Waals surface area contributed by atoms with E-state index in [0.717, 1.165) is 70.4 Å². The van der Waals surface area contributed by atoms with Crippen LogP contribution in [0.5, 0.6) is 0 Å². The number of aromatic nitrogens is 2. The van der Waals surface area contributed by atoms with Gasteiger partial charge in [0.15, 0.2) is 0 Å². The molecule has 0 bridgehead atoms. The Kier molecular flexibility index (Phi) is 10.8. The number of aryl methyl sites for hydroxylation is 1. The number of H-pyrrole nitrogens is 1. The summed E-state index contributed by atoms with van der Waals surface area (Å²) in [6.07, 6.45) is 3.55. The van der Waals surface area contributed by atoms with Gasteiger partial charge in [0, 0.05) is 42.1 Å². The molecule has 1 atom stereocenters. The largest absolute Gasteiger partial charge is 0.444 e. The second kappa shape index (κ2) is 15.3. The van der Waals surface area contributed by atoms with E-state index in [-0.39, 0.29) is 35.9 Å². The number of imidazole rings is 1. The van der Waals surface area contributed by atoms with Gasteiger partial charge in [0.05, 0.1) is 17.5 Å². The molecule has 1 aliphatic heterocycles. The number of carbonyl (C=O) groups excluding carboxylic acids is 4. The van der Waals surface area contributed by atoms with Gasteiger partial charge in [0.2, 0.25) is 11.8 Å². The fraction of sp³-hybridized carbons (Fsp3) is 0.452. The minimum absolute atomic E-state index is 0.0690. The van der Waals surface area contributed by atoms with Crippen molar-refractivity contribution >= 4 is 46.1 Å². The maximum Gasteiger partial charge on any atom is 0.407 e. The summed E-state index contributed by atoms with van der Waals surface area (Å²) in [5.74, 6) is 0.654. The van der Waals surface area contributed by atoms with Gasteiger partial charge in [-0.15, -0.1) is 0 Å². The molecular formula is C42H51N5O5. The number of ketones is 1. The fourth-order valence-electron chi connectivity index (χ4n) is 7.31. The average molecular weight is 706 g/mol. The molecule has 3 aromatic carbocycles. The summed E-state index contributed by atoms with van der Waals surface area (Å²) in [6.45, 7) is 12.4. The van der Waals surface area contributed by atoms with Crippen molar-refractivity contribution in [3.8, 4) is 11.1 Å². The molecule has 4 N–H and O–H groups in total. The third-order valence-electron chi connectivity index (χ3n) is 10.2. The van der Waals surface area contributed by atoms with Crippen LogP contribution in [-0.2, 0) is 32.0 Å². The van der Waals surface area contributed by atoms with Gasteiger partial charge in [-0.1, -0.05) is 44.2 Å². The minimum Gasteiger partial charge on any atom is -0.444 e. The molecule has 10 heteroatoms. The number of anilines is 2. The molecule has 0 radical (unpaired) electrons. The van der Waals surface area contributed by atoms with Gasteiger partial charge in [-0.2, -0.15) is 0 Å². The topological polar surface area (TPSA) is 142 Å². The summed E-state index contributed by atoms with van der Waals surface area (Å²) in [5.41, 5.74) is 7.86. The van der Waals surface area contributed by atoms with Gasteiger partial charge in [0.1, 0.15) is 17.2 Å². The first-order valence-corrected chi connectivity index (χ1v) is 18.5. The summed E-state index contributed by atoms with van der Waals surface area (Å²) in [7, 11) is 0. The number of alkyl carbamates (subject to hydrolysis) is 1. The van der Waals surface area contributed by atoms with Crippen molar-refractivity contribution in [1.82, 2.24) is 15.3 Å². The second-order valence-electron chi connectivity index (χ2n) is 15.9. The number of Topliss-reactive ketones (excluding diaryl/α,β-unsaturated/α-hetero) is 1. The normalized spacial score (nSPS) is 17.8. The van der Waals surface area contributed by atoms with Crippen LogP contribution in [0.1, 0.15) is 95.2 Å². The van der Waals surface area contributed by atoms with Crippen molar-refractivity contribution < 1.29 is 23.9 Å². The molecule has 2 aliphatic rings. The van der Waals surface area contributed by atoms with Crippen molar-refractivity contribution in [3.63, 3.8) is 0 Å². The average Bonchev–Trinajstić information content (AvgIpc) is 3.68. The summed E-state index contributed by atoms with van der Waals surface area (Å²) in [5, 5.41) is 8.75. The molecule has 4 aromatic rings. The third-order valence-corrected chi connectivity index (χ3v) is 10.2. The van der Waals surface area contributed by atoms with Crippen LogP contribution in [0.3, 0.4) is 0 Å². The second-order valence-corrected chi connectivity index (χ2v) is 15.9. The number of nitrogens with zero attached hydrogens (tertiary/aromatic N) is 1. The van der Waals surface area contributed by atoms with E-state index in [0.29, 0.717) is 36.7 Å². The lowest BCUT2D eigenvalue weighted by molar-refractivity contribution is -0.129. The number of amides is 3. The van der Waals surface area contributed by atoms with Crippen LogP contribution >= 0.6 is 0 Å². The SMILES string of the molecule is Cc1cc2[nH]c(C(C)C)nc2cc1-c1ccc(C[C@H](CC(=O)C2CCC(CNC(=O)OC(C)(C)C)CC2)C(=O)Nc2ccc3c(c2)NC(=O)C3)cc1. The van der Waals surface area contributed by atoms with Gasteiger partial charge < -0.3 is 25.7 Å². The lowest BCUT2D eigenvalue weighted by Gasteiger charge is -2.29. The van der Waals surface area contributed by atoms with Crippen molar-refractivity contribution in [2.24, 2.45) is 17.8 Å². The van der Waals surface area contributed by atoms with E-state index in [9.17, 15) is 19.2 Å². The Hall–Kier alpha value is -4.99. The van der Waals surface area contributed by atoms with Crippen LogP contribution in [-0.4, -0.2) is 45.8 Å². The molecule has 0 saturated heterocycles. The van der Waals surface area contributed by atoms with Gasteiger partial charge in [-0.25, -0.2) is 9.78 Å². The first kappa shape index (κ1) is 36.8. The molecule has 1 fully saturated rings. The zero-order valence-corrected chi connectivity index (χ0v) is 31.2. The maximum absolute atomic E-state index is 13.9. The molecule has 274 valence electrons. The molecule has 0 unspecified atom stereocenters. The van der Waals surface area contributed by atoms with Crippen molar-refractivity contribution in [2.75, 3.05) is 17.2 Å². The van der Waals surface area contributed by atoms with Crippen LogP contribution in [0, 0.1) is 24.7 Å². The maximum atomic E-state index is 13.9.